The van der Waals surface area contributed by atoms with Gasteiger partial charge in [-0.15, -0.1) is 0 Å². The minimum atomic E-state index is -0.138. The number of hydrogen-bond donors (Lipinski definition) is 1. The topological polar surface area (TPSA) is 112 Å². The number of ether oxygens (including phenoxy) is 2. The summed E-state index contributed by atoms with van der Waals surface area (Å²) in [6.45, 7) is 2.84. The van der Waals surface area contributed by atoms with Crippen LogP contribution in [0.2, 0.25) is 0 Å². The first kappa shape index (κ1) is 15.9. The maximum absolute atomic E-state index is 6.01. The van der Waals surface area contributed by atoms with Gasteiger partial charge < -0.3 is 19.3 Å². The summed E-state index contributed by atoms with van der Waals surface area (Å²) in [4.78, 5) is 12.8. The zero-order chi connectivity index (χ0) is 17.2. The first-order valence-corrected chi connectivity index (χ1v) is 8.11. The normalized spacial score (nSPS) is 20.4. The Morgan fingerprint density at radius 1 is 1.36 bits per heavy atom. The molecule has 0 bridgehead atoms. The van der Waals surface area contributed by atoms with E-state index < -0.39 is 0 Å². The van der Waals surface area contributed by atoms with Crippen molar-refractivity contribution >= 4 is 11.6 Å². The molecule has 1 aliphatic heterocycles. The van der Waals surface area contributed by atoms with Crippen LogP contribution >= 0.6 is 0 Å². The van der Waals surface area contributed by atoms with E-state index in [1.165, 1.54) is 6.33 Å². The molecule has 4 heterocycles. The van der Waals surface area contributed by atoms with Gasteiger partial charge in [0.15, 0.2) is 5.82 Å². The third-order valence-electron chi connectivity index (χ3n) is 4.03. The monoisotopic (exact) mass is 345 g/mol. The molecule has 0 unspecified atom stereocenters. The number of nitrogens with zero attached hydrogens (tertiary/aromatic N) is 6. The first-order chi connectivity index (χ1) is 12.2. The molecule has 0 amide bonds. The molecule has 25 heavy (non-hydrogen) atoms. The van der Waals surface area contributed by atoms with Gasteiger partial charge in [-0.25, -0.2) is 4.98 Å². The van der Waals surface area contributed by atoms with Gasteiger partial charge in [-0.3, -0.25) is 0 Å². The SMILES string of the molecule is COCc1cc(NC[C@H]2CC[C@@H](c3nc(C)no3)O2)n2ncnc2n1. The second kappa shape index (κ2) is 6.73. The Hall–Kier alpha value is -2.59. The van der Waals surface area contributed by atoms with Gasteiger partial charge in [-0.1, -0.05) is 5.16 Å². The van der Waals surface area contributed by atoms with Gasteiger partial charge in [0.25, 0.3) is 11.7 Å². The standard InChI is InChI=1S/C15H19N7O3/c1-9-19-14(25-21-9)12-4-3-11(24-12)6-16-13-5-10(7-23-2)20-15-17-8-18-22(13)15/h5,8,11-12,16H,3-4,6-7H2,1-2H3/t11-,12+/m1/s1. The van der Waals surface area contributed by atoms with Crippen LogP contribution in [0.4, 0.5) is 5.82 Å². The van der Waals surface area contributed by atoms with Gasteiger partial charge in [0.05, 0.1) is 18.4 Å². The fourth-order valence-corrected chi connectivity index (χ4v) is 2.91. The molecule has 0 aromatic carbocycles. The van der Waals surface area contributed by atoms with Crippen LogP contribution in [0.25, 0.3) is 5.78 Å². The summed E-state index contributed by atoms with van der Waals surface area (Å²) in [5.41, 5.74) is 0.789. The lowest BCUT2D eigenvalue weighted by atomic mass is 10.2. The second-order valence-electron chi connectivity index (χ2n) is 5.92. The lowest BCUT2D eigenvalue weighted by Gasteiger charge is -2.14. The molecule has 4 rings (SSSR count). The van der Waals surface area contributed by atoms with E-state index in [-0.39, 0.29) is 12.2 Å². The molecule has 1 saturated heterocycles. The Bertz CT molecular complexity index is 862. The number of anilines is 1. The van der Waals surface area contributed by atoms with Crippen LogP contribution in [0.1, 0.15) is 36.4 Å². The fourth-order valence-electron chi connectivity index (χ4n) is 2.91. The van der Waals surface area contributed by atoms with Gasteiger partial charge in [0.2, 0.25) is 0 Å². The van der Waals surface area contributed by atoms with Crippen molar-refractivity contribution < 1.29 is 14.0 Å². The number of aromatic nitrogens is 6. The fraction of sp³-hybridized carbons (Fsp3) is 0.533. The van der Waals surface area contributed by atoms with Crippen molar-refractivity contribution in [1.29, 1.82) is 0 Å². The average molecular weight is 345 g/mol. The molecule has 0 saturated carbocycles. The Balaban J connectivity index is 1.43. The van der Waals surface area contributed by atoms with Crippen molar-refractivity contribution in [1.82, 2.24) is 29.7 Å². The van der Waals surface area contributed by atoms with Gasteiger partial charge in [-0.2, -0.15) is 19.6 Å². The highest BCUT2D eigenvalue weighted by Crippen LogP contribution is 2.31. The highest BCUT2D eigenvalue weighted by Gasteiger charge is 2.30. The van der Waals surface area contributed by atoms with E-state index in [1.54, 1.807) is 18.5 Å². The van der Waals surface area contributed by atoms with Crippen molar-refractivity contribution in [3.8, 4) is 0 Å². The Morgan fingerprint density at radius 2 is 2.28 bits per heavy atom. The van der Waals surface area contributed by atoms with Crippen LogP contribution in [0.3, 0.4) is 0 Å². The number of fused-ring (bicyclic) bond motifs is 1. The predicted octanol–water partition coefficient (Wildman–Crippen LogP) is 1.29. The molecule has 2 atom stereocenters. The molecule has 0 spiro atoms. The van der Waals surface area contributed by atoms with Crippen molar-refractivity contribution in [3.05, 3.63) is 29.8 Å². The Morgan fingerprint density at radius 3 is 3.08 bits per heavy atom. The summed E-state index contributed by atoms with van der Waals surface area (Å²) in [5.74, 6) is 2.50. The number of rotatable bonds is 6. The van der Waals surface area contributed by atoms with Crippen molar-refractivity contribution in [2.24, 2.45) is 0 Å². The zero-order valence-corrected chi connectivity index (χ0v) is 14.0. The van der Waals surface area contributed by atoms with Gasteiger partial charge >= 0.3 is 0 Å². The van der Waals surface area contributed by atoms with Crippen LogP contribution in [-0.2, 0) is 16.1 Å². The molecule has 10 heteroatoms. The van der Waals surface area contributed by atoms with Crippen LogP contribution in [0.5, 0.6) is 0 Å². The minimum Gasteiger partial charge on any atom is -0.378 e. The maximum atomic E-state index is 6.01. The predicted molar refractivity (Wildman–Crippen MR) is 85.9 cm³/mol. The summed E-state index contributed by atoms with van der Waals surface area (Å²) in [6.07, 6.45) is 3.16. The van der Waals surface area contributed by atoms with Gasteiger partial charge in [0.1, 0.15) is 18.2 Å². The first-order valence-electron chi connectivity index (χ1n) is 8.11. The van der Waals surface area contributed by atoms with Crippen LogP contribution in [-0.4, -0.2) is 49.5 Å². The lowest BCUT2D eigenvalue weighted by Crippen LogP contribution is -2.21. The molecule has 1 aliphatic rings. The van der Waals surface area contributed by atoms with Crippen LogP contribution in [0.15, 0.2) is 16.9 Å². The minimum absolute atomic E-state index is 0.0508. The molecule has 0 aliphatic carbocycles. The van der Waals surface area contributed by atoms with Crippen molar-refractivity contribution in [2.75, 3.05) is 19.0 Å². The van der Waals surface area contributed by atoms with Crippen LogP contribution in [0, 0.1) is 6.92 Å². The van der Waals surface area contributed by atoms with Gasteiger partial charge in [-0.05, 0) is 19.8 Å². The molecular weight excluding hydrogens is 326 g/mol. The Kier molecular flexibility index (Phi) is 4.28. The smallest absolute Gasteiger partial charge is 0.255 e. The number of nitrogens with one attached hydrogen (secondary N) is 1. The number of methoxy groups -OCH3 is 1. The molecule has 132 valence electrons. The van der Waals surface area contributed by atoms with E-state index in [9.17, 15) is 0 Å². The third-order valence-corrected chi connectivity index (χ3v) is 4.03. The largest absolute Gasteiger partial charge is 0.378 e. The van der Waals surface area contributed by atoms with Gasteiger partial charge in [0, 0.05) is 19.7 Å². The summed E-state index contributed by atoms with van der Waals surface area (Å²) < 4.78 is 18.0. The second-order valence-corrected chi connectivity index (χ2v) is 5.92. The van der Waals surface area contributed by atoms with E-state index >= 15 is 0 Å². The highest BCUT2D eigenvalue weighted by molar-refractivity contribution is 5.45. The molecule has 3 aromatic heterocycles. The third kappa shape index (κ3) is 3.30. The van der Waals surface area contributed by atoms with E-state index in [0.717, 1.165) is 24.4 Å². The summed E-state index contributed by atoms with van der Waals surface area (Å²) >= 11 is 0. The summed E-state index contributed by atoms with van der Waals surface area (Å²) in [7, 11) is 1.63. The van der Waals surface area contributed by atoms with E-state index in [1.807, 2.05) is 6.07 Å². The average Bonchev–Trinajstić information content (AvgIpc) is 3.32. The molecule has 0 radical (unpaired) electrons. The van der Waals surface area contributed by atoms with Crippen LogP contribution < -0.4 is 5.32 Å². The van der Waals surface area contributed by atoms with Crippen molar-refractivity contribution in [2.45, 2.75) is 38.6 Å². The number of aryl methyl sites for hydroxylation is 1. The molecular formula is C15H19N7O3. The lowest BCUT2D eigenvalue weighted by molar-refractivity contribution is 0.0326. The summed E-state index contributed by atoms with van der Waals surface area (Å²) in [5, 5.41) is 11.4. The molecule has 10 nitrogen and oxygen atoms in total. The van der Waals surface area contributed by atoms with Crippen molar-refractivity contribution in [3.63, 3.8) is 0 Å². The molecule has 1 N–H and O–H groups in total. The van der Waals surface area contributed by atoms with E-state index in [2.05, 4.69) is 30.5 Å². The number of hydrogen-bond acceptors (Lipinski definition) is 9. The molecule has 3 aromatic rings. The quantitative estimate of drug-likeness (QED) is 0.706. The highest BCUT2D eigenvalue weighted by atomic mass is 16.5. The Labute approximate surface area is 143 Å². The summed E-state index contributed by atoms with van der Waals surface area (Å²) in [6, 6.07) is 1.90. The van der Waals surface area contributed by atoms with E-state index in [0.29, 0.717) is 30.6 Å². The molecule has 1 fully saturated rings. The zero-order valence-electron chi connectivity index (χ0n) is 14.0. The van der Waals surface area contributed by atoms with E-state index in [4.69, 9.17) is 14.0 Å². The maximum Gasteiger partial charge on any atom is 0.255 e.